The van der Waals surface area contributed by atoms with Gasteiger partial charge in [-0.2, -0.15) is 0 Å². The Balaban J connectivity index is 1.37. The molecule has 0 aliphatic carbocycles. The molecular formula is C24H24N4O2. The lowest BCUT2D eigenvalue weighted by atomic mass is 9.93. The monoisotopic (exact) mass is 400 g/mol. The van der Waals surface area contributed by atoms with Crippen molar-refractivity contribution in [1.82, 2.24) is 19.8 Å². The number of nitrogens with zero attached hydrogens (tertiary/aromatic N) is 3. The van der Waals surface area contributed by atoms with Gasteiger partial charge >= 0.3 is 0 Å². The van der Waals surface area contributed by atoms with Crippen molar-refractivity contribution >= 4 is 17.9 Å². The number of benzene rings is 2. The van der Waals surface area contributed by atoms with Gasteiger partial charge in [-0.25, -0.2) is 4.98 Å². The zero-order chi connectivity index (χ0) is 20.9. The highest BCUT2D eigenvalue weighted by atomic mass is 16.2. The highest BCUT2D eigenvalue weighted by molar-refractivity contribution is 5.81. The lowest BCUT2D eigenvalue weighted by molar-refractivity contribution is -0.130. The predicted molar refractivity (Wildman–Crippen MR) is 115 cm³/mol. The minimum absolute atomic E-state index is 0.0768. The Kier molecular flexibility index (Phi) is 5.75. The van der Waals surface area contributed by atoms with Gasteiger partial charge in [-0.05, 0) is 28.3 Å². The molecule has 1 N–H and O–H groups in total. The second-order valence-corrected chi connectivity index (χ2v) is 7.42. The molecule has 6 nitrogen and oxygen atoms in total. The van der Waals surface area contributed by atoms with Gasteiger partial charge in [0, 0.05) is 38.6 Å². The summed E-state index contributed by atoms with van der Waals surface area (Å²) in [5, 5.41) is 2.99. The molecule has 2 aromatic carbocycles. The molecule has 1 aromatic heterocycles. The van der Waals surface area contributed by atoms with E-state index in [9.17, 15) is 9.59 Å². The number of hydrogen-bond donors (Lipinski definition) is 1. The summed E-state index contributed by atoms with van der Waals surface area (Å²) in [5.74, 6) is -0.161. The molecule has 30 heavy (non-hydrogen) atoms. The summed E-state index contributed by atoms with van der Waals surface area (Å²) in [6, 6.07) is 15.7. The van der Waals surface area contributed by atoms with E-state index < -0.39 is 0 Å². The molecule has 0 radical (unpaired) electrons. The SMILES string of the molecule is CC(=O)N1C=Cc2ccccc2C1CC(=O)NCc1ccc(Cn2ccnc2)cc1. The fourth-order valence-electron chi connectivity index (χ4n) is 3.72. The maximum absolute atomic E-state index is 12.7. The largest absolute Gasteiger partial charge is 0.352 e. The highest BCUT2D eigenvalue weighted by Gasteiger charge is 2.27. The first-order valence-electron chi connectivity index (χ1n) is 9.96. The second-order valence-electron chi connectivity index (χ2n) is 7.42. The van der Waals surface area contributed by atoms with Crippen LogP contribution in [-0.4, -0.2) is 26.3 Å². The summed E-state index contributed by atoms with van der Waals surface area (Å²) in [6.07, 6.45) is 9.38. The average Bonchev–Trinajstić information content (AvgIpc) is 3.26. The topological polar surface area (TPSA) is 67.2 Å². The molecule has 4 rings (SSSR count). The zero-order valence-electron chi connectivity index (χ0n) is 16.9. The van der Waals surface area contributed by atoms with Crippen molar-refractivity contribution in [1.29, 1.82) is 0 Å². The minimum atomic E-state index is -0.291. The summed E-state index contributed by atoms with van der Waals surface area (Å²) >= 11 is 0. The van der Waals surface area contributed by atoms with Gasteiger partial charge in [0.25, 0.3) is 0 Å². The third-order valence-electron chi connectivity index (χ3n) is 5.28. The molecule has 0 saturated carbocycles. The Hall–Kier alpha value is -3.67. The van der Waals surface area contributed by atoms with E-state index in [1.165, 1.54) is 12.5 Å². The van der Waals surface area contributed by atoms with Crippen molar-refractivity contribution in [3.05, 3.63) is 95.7 Å². The lowest BCUT2D eigenvalue weighted by Crippen LogP contribution is -2.35. The number of imidazole rings is 1. The summed E-state index contributed by atoms with van der Waals surface area (Å²) in [4.78, 5) is 30.4. The van der Waals surface area contributed by atoms with Gasteiger partial charge in [0.2, 0.25) is 11.8 Å². The van der Waals surface area contributed by atoms with Crippen LogP contribution < -0.4 is 5.32 Å². The van der Waals surface area contributed by atoms with Gasteiger partial charge in [-0.1, -0.05) is 48.5 Å². The van der Waals surface area contributed by atoms with Crippen molar-refractivity contribution in [2.45, 2.75) is 32.5 Å². The van der Waals surface area contributed by atoms with Crippen LogP contribution in [0, 0.1) is 0 Å². The molecule has 152 valence electrons. The van der Waals surface area contributed by atoms with E-state index in [4.69, 9.17) is 0 Å². The summed E-state index contributed by atoms with van der Waals surface area (Å²) in [6.45, 7) is 2.74. The molecule has 1 unspecified atom stereocenters. The van der Waals surface area contributed by atoms with Gasteiger partial charge < -0.3 is 14.8 Å². The number of carbonyl (C=O) groups excluding carboxylic acids is 2. The Morgan fingerprint density at radius 2 is 1.83 bits per heavy atom. The number of aromatic nitrogens is 2. The molecular weight excluding hydrogens is 376 g/mol. The van der Waals surface area contributed by atoms with Crippen LogP contribution in [0.4, 0.5) is 0 Å². The van der Waals surface area contributed by atoms with Crippen LogP contribution >= 0.6 is 0 Å². The first kappa shape index (κ1) is 19.6. The number of nitrogens with one attached hydrogen (secondary N) is 1. The molecule has 2 amide bonds. The van der Waals surface area contributed by atoms with Gasteiger partial charge in [0.15, 0.2) is 0 Å². The Morgan fingerprint density at radius 3 is 2.57 bits per heavy atom. The van der Waals surface area contributed by atoms with E-state index in [1.807, 2.05) is 53.2 Å². The number of carbonyl (C=O) groups is 2. The molecule has 6 heteroatoms. The van der Waals surface area contributed by atoms with Gasteiger partial charge in [0.05, 0.1) is 18.8 Å². The Bertz CT molecular complexity index is 1060. The van der Waals surface area contributed by atoms with Crippen molar-refractivity contribution in [3.8, 4) is 0 Å². The average molecular weight is 400 g/mol. The molecule has 3 aromatic rings. The van der Waals surface area contributed by atoms with Crippen LogP contribution in [0.1, 0.15) is 41.6 Å². The predicted octanol–water partition coefficient (Wildman–Crippen LogP) is 3.51. The van der Waals surface area contributed by atoms with Crippen LogP contribution in [-0.2, 0) is 22.7 Å². The molecule has 0 spiro atoms. The maximum atomic E-state index is 12.7. The molecule has 0 saturated heterocycles. The van der Waals surface area contributed by atoms with Crippen LogP contribution in [0.5, 0.6) is 0 Å². The van der Waals surface area contributed by atoms with Crippen LogP contribution in [0.3, 0.4) is 0 Å². The van der Waals surface area contributed by atoms with E-state index in [0.717, 1.165) is 23.2 Å². The number of amides is 2. The Morgan fingerprint density at radius 1 is 1.07 bits per heavy atom. The third kappa shape index (κ3) is 4.49. The standard InChI is InChI=1S/C24H24N4O2/c1-18(29)28-12-10-21-4-2-3-5-22(21)23(28)14-24(30)26-15-19-6-8-20(9-7-19)16-27-13-11-25-17-27/h2-13,17,23H,14-16H2,1H3,(H,26,30). The maximum Gasteiger partial charge on any atom is 0.223 e. The first-order valence-corrected chi connectivity index (χ1v) is 9.96. The minimum Gasteiger partial charge on any atom is -0.352 e. The second kappa shape index (κ2) is 8.78. The van der Waals surface area contributed by atoms with Gasteiger partial charge in [-0.3, -0.25) is 9.59 Å². The zero-order valence-corrected chi connectivity index (χ0v) is 16.9. The van der Waals surface area contributed by atoms with Crippen LogP contribution in [0.2, 0.25) is 0 Å². The van der Waals surface area contributed by atoms with Crippen LogP contribution in [0.25, 0.3) is 6.08 Å². The van der Waals surface area contributed by atoms with Crippen LogP contribution in [0.15, 0.2) is 73.5 Å². The van der Waals surface area contributed by atoms with E-state index in [0.29, 0.717) is 6.54 Å². The van der Waals surface area contributed by atoms with Gasteiger partial charge in [0.1, 0.15) is 0 Å². The highest BCUT2D eigenvalue weighted by Crippen LogP contribution is 2.32. The van der Waals surface area contributed by atoms with Crippen molar-refractivity contribution in [2.24, 2.45) is 0 Å². The van der Waals surface area contributed by atoms with E-state index in [-0.39, 0.29) is 24.3 Å². The van der Waals surface area contributed by atoms with Crippen molar-refractivity contribution in [2.75, 3.05) is 0 Å². The normalized spacial score (nSPS) is 15.0. The first-order chi connectivity index (χ1) is 14.6. The molecule has 1 aliphatic rings. The molecule has 1 aliphatic heterocycles. The van der Waals surface area contributed by atoms with E-state index in [2.05, 4.69) is 22.4 Å². The summed E-state index contributed by atoms with van der Waals surface area (Å²) < 4.78 is 2.01. The number of hydrogen-bond acceptors (Lipinski definition) is 3. The van der Waals surface area contributed by atoms with Gasteiger partial charge in [-0.15, -0.1) is 0 Å². The molecule has 0 fully saturated rings. The smallest absolute Gasteiger partial charge is 0.223 e. The lowest BCUT2D eigenvalue weighted by Gasteiger charge is -2.32. The quantitative estimate of drug-likeness (QED) is 0.689. The number of fused-ring (bicyclic) bond motifs is 1. The third-order valence-corrected chi connectivity index (χ3v) is 5.28. The molecule has 1 atom stereocenters. The van der Waals surface area contributed by atoms with Crippen molar-refractivity contribution in [3.63, 3.8) is 0 Å². The number of rotatable bonds is 6. The summed E-state index contributed by atoms with van der Waals surface area (Å²) in [5.41, 5.74) is 4.24. The Labute approximate surface area is 175 Å². The van der Waals surface area contributed by atoms with E-state index in [1.54, 1.807) is 23.6 Å². The summed E-state index contributed by atoms with van der Waals surface area (Å²) in [7, 11) is 0. The molecule has 0 bridgehead atoms. The van der Waals surface area contributed by atoms with E-state index >= 15 is 0 Å². The molecule has 2 heterocycles. The fourth-order valence-corrected chi connectivity index (χ4v) is 3.72. The fraction of sp³-hybridized carbons (Fsp3) is 0.208. The van der Waals surface area contributed by atoms with Crippen molar-refractivity contribution < 1.29 is 9.59 Å².